The maximum absolute atomic E-state index is 12.9. The molecule has 26 heavy (non-hydrogen) atoms. The number of para-hydroxylation sites is 1. The Bertz CT molecular complexity index is 783. The van der Waals surface area contributed by atoms with Gasteiger partial charge in [-0.15, -0.1) is 0 Å². The van der Waals surface area contributed by atoms with Crippen molar-refractivity contribution in [2.75, 3.05) is 11.0 Å². The number of hydrogen-bond acceptors (Lipinski definition) is 3. The Kier molecular flexibility index (Phi) is 4.29. The van der Waals surface area contributed by atoms with Crippen LogP contribution < -0.4 is 10.0 Å². The van der Waals surface area contributed by atoms with Crippen LogP contribution in [0.3, 0.4) is 0 Å². The fourth-order valence-corrected chi connectivity index (χ4v) is 6.68. The molecule has 5 rings (SSSR count). The minimum absolute atomic E-state index is 0.106. The highest BCUT2D eigenvalue weighted by molar-refractivity contribution is 7.92. The Balaban J connectivity index is 1.52. The zero-order valence-corrected chi connectivity index (χ0v) is 16.3. The first-order valence-corrected chi connectivity index (χ1v) is 11.5. The Morgan fingerprint density at radius 2 is 1.62 bits per heavy atom. The highest BCUT2D eigenvalue weighted by Crippen LogP contribution is 2.61. The maximum atomic E-state index is 12.9. The molecule has 1 amide bonds. The average molecular weight is 377 g/mol. The van der Waals surface area contributed by atoms with E-state index in [-0.39, 0.29) is 17.4 Å². The molecule has 0 radical (unpaired) electrons. The van der Waals surface area contributed by atoms with E-state index >= 15 is 0 Å². The van der Waals surface area contributed by atoms with Gasteiger partial charge in [-0.2, -0.15) is 0 Å². The Hall–Kier alpha value is -1.56. The second-order valence-corrected chi connectivity index (χ2v) is 10.6. The summed E-state index contributed by atoms with van der Waals surface area (Å²) in [4.78, 5) is 12.9. The van der Waals surface area contributed by atoms with E-state index < -0.39 is 10.0 Å². The zero-order valence-electron chi connectivity index (χ0n) is 15.5. The summed E-state index contributed by atoms with van der Waals surface area (Å²) >= 11 is 0. The maximum Gasteiger partial charge on any atom is 0.253 e. The summed E-state index contributed by atoms with van der Waals surface area (Å²) in [7, 11) is -3.43. The van der Waals surface area contributed by atoms with Crippen LogP contribution in [0.1, 0.15) is 55.8 Å². The molecule has 1 atom stereocenters. The summed E-state index contributed by atoms with van der Waals surface area (Å²) in [6, 6.07) is 6.90. The number of sulfonamides is 1. The third kappa shape index (κ3) is 3.36. The lowest BCUT2D eigenvalue weighted by atomic mass is 9.48. The summed E-state index contributed by atoms with van der Waals surface area (Å²) in [6.45, 7) is 2.14. The predicted octanol–water partition coefficient (Wildman–Crippen LogP) is 3.39. The molecule has 2 N–H and O–H groups in total. The number of amides is 1. The van der Waals surface area contributed by atoms with Gasteiger partial charge in [0.25, 0.3) is 5.91 Å². The number of rotatable bonds is 5. The fourth-order valence-electron chi connectivity index (χ4n) is 6.11. The van der Waals surface area contributed by atoms with E-state index in [1.54, 1.807) is 24.3 Å². The van der Waals surface area contributed by atoms with Crippen molar-refractivity contribution in [1.29, 1.82) is 0 Å². The molecule has 1 aromatic carbocycles. The van der Waals surface area contributed by atoms with Crippen molar-refractivity contribution in [2.45, 2.75) is 51.5 Å². The molecule has 5 nitrogen and oxygen atoms in total. The minimum atomic E-state index is -3.43. The molecule has 0 heterocycles. The molecular formula is C20H28N2O3S. The van der Waals surface area contributed by atoms with Crippen LogP contribution in [0, 0.1) is 23.2 Å². The molecule has 1 aromatic rings. The second kappa shape index (κ2) is 6.25. The largest absolute Gasteiger partial charge is 0.349 e. The Morgan fingerprint density at radius 3 is 2.15 bits per heavy atom. The minimum Gasteiger partial charge on any atom is -0.349 e. The van der Waals surface area contributed by atoms with Crippen molar-refractivity contribution >= 4 is 21.6 Å². The third-order valence-electron chi connectivity index (χ3n) is 6.82. The molecule has 0 aliphatic heterocycles. The fraction of sp³-hybridized carbons (Fsp3) is 0.650. The summed E-state index contributed by atoms with van der Waals surface area (Å²) in [5, 5.41) is 3.21. The van der Waals surface area contributed by atoms with Gasteiger partial charge < -0.3 is 5.32 Å². The Labute approximate surface area is 156 Å². The van der Waals surface area contributed by atoms with E-state index in [0.717, 1.165) is 24.0 Å². The third-order valence-corrected chi connectivity index (χ3v) is 7.41. The van der Waals surface area contributed by atoms with Gasteiger partial charge in [-0.25, -0.2) is 8.42 Å². The van der Waals surface area contributed by atoms with E-state index in [2.05, 4.69) is 17.0 Å². The summed E-state index contributed by atoms with van der Waals surface area (Å²) in [6.07, 6.45) is 8.90. The number of nitrogens with one attached hydrogen (secondary N) is 2. The number of anilines is 1. The number of hydrogen-bond donors (Lipinski definition) is 2. The van der Waals surface area contributed by atoms with Crippen LogP contribution in [0.4, 0.5) is 5.69 Å². The van der Waals surface area contributed by atoms with E-state index in [1.165, 1.54) is 38.5 Å². The van der Waals surface area contributed by atoms with Crippen molar-refractivity contribution in [3.8, 4) is 0 Å². The van der Waals surface area contributed by atoms with Gasteiger partial charge >= 0.3 is 0 Å². The molecule has 4 bridgehead atoms. The van der Waals surface area contributed by atoms with E-state index in [9.17, 15) is 13.2 Å². The van der Waals surface area contributed by atoms with Crippen molar-refractivity contribution in [3.63, 3.8) is 0 Å². The zero-order chi connectivity index (χ0) is 18.5. The molecule has 142 valence electrons. The standard InChI is InChI=1S/C20H28N2O3S/c1-13(20-10-14-7-15(11-20)9-16(8-14)12-20)21-19(23)17-5-3-4-6-18(17)22-26(2,24)25/h3-6,13-16,22H,7-12H2,1-2H3,(H,21,23)/t13-,14?,15?,16?,20?/m0/s1. The summed E-state index contributed by atoms with van der Waals surface area (Å²) < 4.78 is 25.6. The van der Waals surface area contributed by atoms with Crippen LogP contribution >= 0.6 is 0 Å². The number of benzene rings is 1. The van der Waals surface area contributed by atoms with Gasteiger partial charge in [0, 0.05) is 6.04 Å². The highest BCUT2D eigenvalue weighted by Gasteiger charge is 2.53. The Morgan fingerprint density at radius 1 is 1.08 bits per heavy atom. The molecule has 4 saturated carbocycles. The quantitative estimate of drug-likeness (QED) is 0.827. The van der Waals surface area contributed by atoms with Gasteiger partial charge in [0.05, 0.1) is 17.5 Å². The molecule has 0 aromatic heterocycles. The summed E-state index contributed by atoms with van der Waals surface area (Å²) in [5.74, 6) is 2.30. The van der Waals surface area contributed by atoms with Crippen LogP contribution in [-0.4, -0.2) is 26.6 Å². The second-order valence-electron chi connectivity index (χ2n) is 8.89. The number of carbonyl (C=O) groups excluding carboxylic acids is 1. The first kappa shape index (κ1) is 17.8. The first-order valence-electron chi connectivity index (χ1n) is 9.62. The van der Waals surface area contributed by atoms with Crippen LogP contribution in [0.15, 0.2) is 24.3 Å². The lowest BCUT2D eigenvalue weighted by Crippen LogP contribution is -2.55. The van der Waals surface area contributed by atoms with Crippen molar-refractivity contribution in [1.82, 2.24) is 5.32 Å². The molecule has 4 aliphatic rings. The van der Waals surface area contributed by atoms with Crippen molar-refractivity contribution in [2.24, 2.45) is 23.2 Å². The van der Waals surface area contributed by atoms with Gasteiger partial charge in [0.2, 0.25) is 10.0 Å². The first-order chi connectivity index (χ1) is 12.2. The van der Waals surface area contributed by atoms with Crippen molar-refractivity contribution < 1.29 is 13.2 Å². The molecule has 6 heteroatoms. The molecule has 0 saturated heterocycles. The lowest BCUT2D eigenvalue weighted by Gasteiger charge is -2.59. The van der Waals surface area contributed by atoms with Crippen LogP contribution in [0.25, 0.3) is 0 Å². The topological polar surface area (TPSA) is 75.3 Å². The van der Waals surface area contributed by atoms with E-state index in [4.69, 9.17) is 0 Å². The van der Waals surface area contributed by atoms with Gasteiger partial charge in [0.1, 0.15) is 0 Å². The van der Waals surface area contributed by atoms with Crippen LogP contribution in [0.2, 0.25) is 0 Å². The molecule has 0 spiro atoms. The SMILES string of the molecule is C[C@H](NC(=O)c1ccccc1NS(C)(=O)=O)C12CC3CC(CC(C3)C1)C2. The molecule has 4 fully saturated rings. The highest BCUT2D eigenvalue weighted by atomic mass is 32.2. The molecule has 0 unspecified atom stereocenters. The van der Waals surface area contributed by atoms with E-state index in [1.807, 2.05) is 0 Å². The van der Waals surface area contributed by atoms with E-state index in [0.29, 0.717) is 11.3 Å². The number of carbonyl (C=O) groups is 1. The van der Waals surface area contributed by atoms with Gasteiger partial charge in [0.15, 0.2) is 0 Å². The predicted molar refractivity (Wildman–Crippen MR) is 102 cm³/mol. The van der Waals surface area contributed by atoms with Gasteiger partial charge in [-0.3, -0.25) is 9.52 Å². The molecular weight excluding hydrogens is 348 g/mol. The average Bonchev–Trinajstić information content (AvgIpc) is 2.52. The molecule has 4 aliphatic carbocycles. The van der Waals surface area contributed by atoms with Gasteiger partial charge in [-0.05, 0) is 80.8 Å². The van der Waals surface area contributed by atoms with Crippen molar-refractivity contribution in [3.05, 3.63) is 29.8 Å². The van der Waals surface area contributed by atoms with Gasteiger partial charge in [-0.1, -0.05) is 12.1 Å². The normalized spacial score (nSPS) is 33.7. The van der Waals surface area contributed by atoms with Crippen LogP contribution in [-0.2, 0) is 10.0 Å². The lowest BCUT2D eigenvalue weighted by molar-refractivity contribution is -0.0687. The smallest absolute Gasteiger partial charge is 0.253 e. The monoisotopic (exact) mass is 376 g/mol. The summed E-state index contributed by atoms with van der Waals surface area (Å²) in [5.41, 5.74) is 0.948. The van der Waals surface area contributed by atoms with Crippen LogP contribution in [0.5, 0.6) is 0 Å².